The van der Waals surface area contributed by atoms with Crippen LogP contribution in [0.15, 0.2) is 18.3 Å². The van der Waals surface area contributed by atoms with E-state index in [1.807, 2.05) is 22.4 Å². The van der Waals surface area contributed by atoms with Crippen LogP contribution in [-0.2, 0) is 0 Å². The van der Waals surface area contributed by atoms with E-state index in [0.29, 0.717) is 16.8 Å². The molecule has 5 heteroatoms. The Labute approximate surface area is 123 Å². The molecule has 2 aromatic rings. The number of hydrogen-bond acceptors (Lipinski definition) is 2. The second-order valence-corrected chi connectivity index (χ2v) is 5.90. The number of pyridine rings is 1. The van der Waals surface area contributed by atoms with Gasteiger partial charge in [0.2, 0.25) is 0 Å². The molecule has 1 amide bonds. The number of nitrogens with zero attached hydrogens (tertiary/aromatic N) is 3. The van der Waals surface area contributed by atoms with Gasteiger partial charge in [0.25, 0.3) is 5.91 Å². The van der Waals surface area contributed by atoms with E-state index in [0.717, 1.165) is 30.7 Å². The maximum Gasteiger partial charge on any atom is 0.273 e. The maximum absolute atomic E-state index is 12.8. The molecule has 1 saturated heterocycles. The summed E-state index contributed by atoms with van der Waals surface area (Å²) in [5.41, 5.74) is 2.14. The highest BCUT2D eigenvalue weighted by molar-refractivity contribution is 6.30. The van der Waals surface area contributed by atoms with Gasteiger partial charge in [0.15, 0.2) is 0 Å². The fraction of sp³-hybridized carbons (Fsp3) is 0.467. The van der Waals surface area contributed by atoms with Crippen molar-refractivity contribution in [2.75, 3.05) is 6.54 Å². The van der Waals surface area contributed by atoms with E-state index in [1.165, 1.54) is 6.42 Å². The highest BCUT2D eigenvalue weighted by atomic mass is 35.5. The molecule has 0 saturated carbocycles. The summed E-state index contributed by atoms with van der Waals surface area (Å²) in [6.45, 7) is 4.83. The number of imidazole rings is 1. The molecule has 0 spiro atoms. The van der Waals surface area contributed by atoms with Gasteiger partial charge in [-0.2, -0.15) is 0 Å². The van der Waals surface area contributed by atoms with Crippen LogP contribution < -0.4 is 0 Å². The van der Waals surface area contributed by atoms with Crippen molar-refractivity contribution in [3.63, 3.8) is 0 Å². The number of likely N-dealkylation sites (tertiary alicyclic amines) is 1. The Hall–Kier alpha value is -1.55. The molecule has 4 nitrogen and oxygen atoms in total. The average molecular weight is 292 g/mol. The predicted molar refractivity (Wildman–Crippen MR) is 79.3 cm³/mol. The lowest BCUT2D eigenvalue weighted by Gasteiger charge is -2.33. The number of carbonyl (C=O) groups excluding carboxylic acids is 1. The molecule has 3 heterocycles. The van der Waals surface area contributed by atoms with Gasteiger partial charge in [0, 0.05) is 29.9 Å². The number of piperidine rings is 1. The molecule has 0 N–H and O–H groups in total. The monoisotopic (exact) mass is 291 g/mol. The molecule has 1 aliphatic rings. The molecular formula is C15H18ClN3O. The smallest absolute Gasteiger partial charge is 0.273 e. The first-order valence-corrected chi connectivity index (χ1v) is 7.41. The van der Waals surface area contributed by atoms with Gasteiger partial charge in [-0.05, 0) is 39.2 Å². The van der Waals surface area contributed by atoms with Gasteiger partial charge in [0.1, 0.15) is 11.3 Å². The van der Waals surface area contributed by atoms with Crippen LogP contribution in [0.1, 0.15) is 42.4 Å². The summed E-state index contributed by atoms with van der Waals surface area (Å²) >= 11 is 5.98. The molecular weight excluding hydrogens is 274 g/mol. The molecule has 0 aliphatic carbocycles. The average Bonchev–Trinajstić information content (AvgIpc) is 2.73. The third-order valence-electron chi connectivity index (χ3n) is 4.03. The third-order valence-corrected chi connectivity index (χ3v) is 4.26. The minimum absolute atomic E-state index is 0.0736. The standard InChI is InChI=1S/C15H18ClN3O/c1-10-5-3-4-7-18(10)15(20)14-11(2)17-13-9-12(16)6-8-19(13)14/h6,8-10H,3-5,7H2,1-2H3. The first-order valence-electron chi connectivity index (χ1n) is 7.03. The van der Waals surface area contributed by atoms with E-state index in [9.17, 15) is 4.79 Å². The Morgan fingerprint density at radius 1 is 1.45 bits per heavy atom. The Bertz CT molecular complexity index is 664. The van der Waals surface area contributed by atoms with Crippen molar-refractivity contribution in [2.24, 2.45) is 0 Å². The summed E-state index contributed by atoms with van der Waals surface area (Å²) in [4.78, 5) is 19.2. The molecule has 106 valence electrons. The van der Waals surface area contributed by atoms with E-state index in [2.05, 4.69) is 11.9 Å². The Morgan fingerprint density at radius 3 is 3.00 bits per heavy atom. The van der Waals surface area contributed by atoms with Crippen LogP contribution in [0.5, 0.6) is 0 Å². The summed E-state index contributed by atoms with van der Waals surface area (Å²) in [5.74, 6) is 0.0736. The molecule has 1 aliphatic heterocycles. The van der Waals surface area contributed by atoms with Crippen LogP contribution in [0.25, 0.3) is 5.65 Å². The first-order chi connectivity index (χ1) is 9.58. The largest absolute Gasteiger partial charge is 0.335 e. The highest BCUT2D eigenvalue weighted by Gasteiger charge is 2.27. The molecule has 0 radical (unpaired) electrons. The topological polar surface area (TPSA) is 37.6 Å². The number of amides is 1. The summed E-state index contributed by atoms with van der Waals surface area (Å²) < 4.78 is 1.84. The zero-order valence-corrected chi connectivity index (χ0v) is 12.5. The molecule has 1 unspecified atom stereocenters. The maximum atomic E-state index is 12.8. The predicted octanol–water partition coefficient (Wildman–Crippen LogP) is 3.31. The van der Waals surface area contributed by atoms with Gasteiger partial charge >= 0.3 is 0 Å². The van der Waals surface area contributed by atoms with Crippen molar-refractivity contribution in [3.05, 3.63) is 34.7 Å². The number of fused-ring (bicyclic) bond motifs is 1. The van der Waals surface area contributed by atoms with Crippen LogP contribution >= 0.6 is 11.6 Å². The Balaban J connectivity index is 2.05. The molecule has 0 aromatic carbocycles. The quantitative estimate of drug-likeness (QED) is 0.808. The number of hydrogen-bond donors (Lipinski definition) is 0. The lowest BCUT2D eigenvalue weighted by Crippen LogP contribution is -2.42. The number of halogens is 1. The second kappa shape index (κ2) is 5.09. The van der Waals surface area contributed by atoms with Crippen molar-refractivity contribution >= 4 is 23.2 Å². The van der Waals surface area contributed by atoms with E-state index < -0.39 is 0 Å². The summed E-state index contributed by atoms with van der Waals surface area (Å²) in [6, 6.07) is 3.87. The van der Waals surface area contributed by atoms with Gasteiger partial charge in [0.05, 0.1) is 5.69 Å². The summed E-state index contributed by atoms with van der Waals surface area (Å²) in [7, 11) is 0. The van der Waals surface area contributed by atoms with Crippen LogP contribution in [0.2, 0.25) is 5.02 Å². The van der Waals surface area contributed by atoms with Crippen molar-refractivity contribution < 1.29 is 4.79 Å². The Kier molecular flexibility index (Phi) is 3.42. The minimum Gasteiger partial charge on any atom is -0.335 e. The molecule has 1 atom stereocenters. The summed E-state index contributed by atoms with van der Waals surface area (Å²) in [5, 5.41) is 0.632. The van der Waals surface area contributed by atoms with E-state index >= 15 is 0 Å². The normalized spacial score (nSPS) is 19.6. The Morgan fingerprint density at radius 2 is 2.25 bits per heavy atom. The molecule has 20 heavy (non-hydrogen) atoms. The zero-order valence-electron chi connectivity index (χ0n) is 11.8. The van der Waals surface area contributed by atoms with E-state index in [1.54, 1.807) is 12.1 Å². The van der Waals surface area contributed by atoms with Gasteiger partial charge in [-0.3, -0.25) is 9.20 Å². The number of carbonyl (C=O) groups is 1. The van der Waals surface area contributed by atoms with Crippen molar-refractivity contribution in [1.82, 2.24) is 14.3 Å². The van der Waals surface area contributed by atoms with Gasteiger partial charge in [-0.25, -0.2) is 4.98 Å². The van der Waals surface area contributed by atoms with E-state index in [-0.39, 0.29) is 5.91 Å². The highest BCUT2D eigenvalue weighted by Crippen LogP contribution is 2.22. The van der Waals surface area contributed by atoms with Crippen molar-refractivity contribution in [3.8, 4) is 0 Å². The van der Waals surface area contributed by atoms with Crippen molar-refractivity contribution in [2.45, 2.75) is 39.2 Å². The fourth-order valence-corrected chi connectivity index (χ4v) is 3.09. The minimum atomic E-state index is 0.0736. The van der Waals surface area contributed by atoms with Crippen LogP contribution in [-0.4, -0.2) is 32.8 Å². The SMILES string of the molecule is Cc1nc2cc(Cl)ccn2c1C(=O)N1CCCCC1C. The second-order valence-electron chi connectivity index (χ2n) is 5.46. The summed E-state index contributed by atoms with van der Waals surface area (Å²) in [6.07, 6.45) is 5.18. The number of rotatable bonds is 1. The van der Waals surface area contributed by atoms with Crippen LogP contribution in [0, 0.1) is 6.92 Å². The van der Waals surface area contributed by atoms with Crippen LogP contribution in [0.4, 0.5) is 0 Å². The van der Waals surface area contributed by atoms with Gasteiger partial charge in [-0.15, -0.1) is 0 Å². The first kappa shape index (κ1) is 13.4. The zero-order chi connectivity index (χ0) is 14.3. The number of aryl methyl sites for hydroxylation is 1. The molecule has 2 aromatic heterocycles. The number of aromatic nitrogens is 2. The van der Waals surface area contributed by atoms with E-state index in [4.69, 9.17) is 11.6 Å². The van der Waals surface area contributed by atoms with Gasteiger partial charge < -0.3 is 4.90 Å². The molecule has 1 fully saturated rings. The lowest BCUT2D eigenvalue weighted by molar-refractivity contribution is 0.0627. The lowest BCUT2D eigenvalue weighted by atomic mass is 10.0. The van der Waals surface area contributed by atoms with Crippen molar-refractivity contribution in [1.29, 1.82) is 0 Å². The molecule has 0 bridgehead atoms. The molecule has 3 rings (SSSR count). The van der Waals surface area contributed by atoms with Crippen LogP contribution in [0.3, 0.4) is 0 Å². The van der Waals surface area contributed by atoms with Gasteiger partial charge in [-0.1, -0.05) is 11.6 Å². The fourth-order valence-electron chi connectivity index (χ4n) is 2.93. The third kappa shape index (κ3) is 2.18.